The van der Waals surface area contributed by atoms with Crippen LogP contribution in [-0.4, -0.2) is 19.8 Å². The zero-order valence-corrected chi connectivity index (χ0v) is 28.1. The first-order chi connectivity index (χ1) is 24.6. The predicted octanol–water partition coefficient (Wildman–Crippen LogP) is 9.12. The molecular formula is C45H32N3OP. The van der Waals surface area contributed by atoms with Crippen LogP contribution >= 0.6 is 7.49 Å². The molecule has 0 radical (unpaired) electrons. The molecule has 2 heterocycles. The van der Waals surface area contributed by atoms with E-state index in [0.29, 0.717) is 17.5 Å². The summed E-state index contributed by atoms with van der Waals surface area (Å²) >= 11 is 0. The van der Waals surface area contributed by atoms with Crippen molar-refractivity contribution in [3.05, 3.63) is 182 Å². The molecule has 9 rings (SSSR count). The van der Waals surface area contributed by atoms with Crippen molar-refractivity contribution in [3.8, 4) is 67.5 Å². The van der Waals surface area contributed by atoms with E-state index < -0.39 is 7.49 Å². The fourth-order valence-corrected chi connectivity index (χ4v) is 10.5. The molecule has 1 N–H and O–H groups in total. The molecular weight excluding hydrogens is 629 g/mol. The van der Waals surface area contributed by atoms with Gasteiger partial charge in [-0.05, 0) is 0 Å². The Morgan fingerprint density at radius 2 is 0.600 bits per heavy atom. The predicted molar refractivity (Wildman–Crippen MR) is 208 cm³/mol. The monoisotopic (exact) mass is 661 g/mol. The van der Waals surface area contributed by atoms with Crippen molar-refractivity contribution in [1.29, 1.82) is 0 Å². The molecule has 0 unspecified atom stereocenters. The quantitative estimate of drug-likeness (QED) is 0.181. The van der Waals surface area contributed by atoms with Crippen LogP contribution in [0.15, 0.2) is 182 Å². The van der Waals surface area contributed by atoms with Crippen LogP contribution in [0, 0.1) is 0 Å². The van der Waals surface area contributed by atoms with Crippen molar-refractivity contribution in [2.24, 2.45) is 0 Å². The molecule has 50 heavy (non-hydrogen) atoms. The average Bonchev–Trinajstić information content (AvgIpc) is 3.47. The molecule has 0 amide bonds. The first kappa shape index (κ1) is 30.0. The number of fused-ring (bicyclic) bond motifs is 3. The molecule has 1 aliphatic rings. The van der Waals surface area contributed by atoms with E-state index >= 15 is 0 Å². The number of nitrogens with zero attached hydrogens (tertiary/aromatic N) is 3. The van der Waals surface area contributed by atoms with E-state index in [0.717, 1.165) is 66.0 Å². The van der Waals surface area contributed by atoms with Gasteiger partial charge in [-0.2, -0.15) is 0 Å². The van der Waals surface area contributed by atoms with Gasteiger partial charge in [0, 0.05) is 11.1 Å². The van der Waals surface area contributed by atoms with E-state index in [1.807, 2.05) is 72.8 Å². The Morgan fingerprint density at radius 1 is 0.300 bits per heavy atom. The summed E-state index contributed by atoms with van der Waals surface area (Å²) in [5.41, 5.74) is 9.61. The molecule has 1 aromatic heterocycles. The number of hydrogen-bond donors (Lipinski definition) is 1. The molecule has 0 spiro atoms. The summed E-state index contributed by atoms with van der Waals surface area (Å²) in [6, 6.07) is 62.2. The summed E-state index contributed by atoms with van der Waals surface area (Å²) in [5, 5.41) is 3.13. The summed E-state index contributed by atoms with van der Waals surface area (Å²) in [4.78, 5) is 26.9. The number of benzene rings is 7. The first-order valence-corrected chi connectivity index (χ1v) is 18.7. The molecule has 238 valence electrons. The third kappa shape index (κ3) is 5.23. The number of rotatable bonds is 6. The van der Waals surface area contributed by atoms with Crippen LogP contribution in [0.4, 0.5) is 0 Å². The van der Waals surface area contributed by atoms with Crippen LogP contribution < -0.4 is 15.9 Å². The Labute approximate surface area is 291 Å². The van der Waals surface area contributed by atoms with Crippen molar-refractivity contribution in [3.63, 3.8) is 0 Å². The molecule has 0 saturated carbocycles. The molecule has 5 heteroatoms. The maximum absolute atomic E-state index is 12.3. The van der Waals surface area contributed by atoms with Gasteiger partial charge in [-0.3, -0.25) is 0 Å². The van der Waals surface area contributed by atoms with E-state index in [2.05, 4.69) is 109 Å². The second-order valence-corrected chi connectivity index (χ2v) is 15.6. The second kappa shape index (κ2) is 12.4. The van der Waals surface area contributed by atoms with Crippen LogP contribution in [-0.2, 0) is 0 Å². The summed E-state index contributed by atoms with van der Waals surface area (Å²) in [7, 11) is -3.06. The van der Waals surface area contributed by atoms with Crippen LogP contribution in [0.1, 0.15) is 0 Å². The van der Waals surface area contributed by atoms with Crippen LogP contribution in [0.2, 0.25) is 0 Å². The summed E-state index contributed by atoms with van der Waals surface area (Å²) in [5.74, 6) is 1.94. The van der Waals surface area contributed by atoms with Gasteiger partial charge in [0.2, 0.25) is 0 Å². The zero-order valence-electron chi connectivity index (χ0n) is 27.1. The number of hydrogen-bond acceptors (Lipinski definition) is 4. The van der Waals surface area contributed by atoms with Gasteiger partial charge in [0.25, 0.3) is 0 Å². The van der Waals surface area contributed by atoms with Gasteiger partial charge in [0.15, 0.2) is 17.5 Å². The van der Waals surface area contributed by atoms with Gasteiger partial charge in [0.1, 0.15) is 0 Å². The Morgan fingerprint density at radius 3 is 1.00 bits per heavy atom. The number of aromatic nitrogens is 3. The molecule has 0 aliphatic carbocycles. The summed E-state index contributed by atoms with van der Waals surface area (Å²) in [6.45, 7) is 0. The van der Waals surface area contributed by atoms with Gasteiger partial charge >= 0.3 is 189 Å². The van der Waals surface area contributed by atoms with Crippen molar-refractivity contribution in [2.45, 2.75) is 0 Å². The fraction of sp³-hybridized carbons (Fsp3) is 0. The molecule has 0 bridgehead atoms. The molecule has 0 saturated heterocycles. The minimum absolute atomic E-state index is 0.639. The minimum atomic E-state index is -3.06. The van der Waals surface area contributed by atoms with E-state index in [1.165, 1.54) is 0 Å². The van der Waals surface area contributed by atoms with Crippen LogP contribution in [0.3, 0.4) is 0 Å². The van der Waals surface area contributed by atoms with Gasteiger partial charge < -0.3 is 0 Å². The topological polar surface area (TPSA) is 58.9 Å². The fourth-order valence-electron chi connectivity index (χ4n) is 7.03. The molecule has 0 atom stereocenters. The van der Waals surface area contributed by atoms with Gasteiger partial charge in [-0.15, -0.1) is 0 Å². The van der Waals surface area contributed by atoms with Crippen molar-refractivity contribution in [2.75, 3.05) is 0 Å². The summed E-state index contributed by atoms with van der Waals surface area (Å²) < 4.78 is 0. The summed E-state index contributed by atoms with van der Waals surface area (Å²) in [6.07, 6.45) is 0. The first-order valence-electron chi connectivity index (χ1n) is 16.8. The Balaban J connectivity index is 0.983. The normalized spacial score (nSPS) is 13.3. The average molecular weight is 662 g/mol. The van der Waals surface area contributed by atoms with Crippen molar-refractivity contribution < 1.29 is 4.89 Å². The second-order valence-electron chi connectivity index (χ2n) is 12.6. The zero-order chi connectivity index (χ0) is 33.5. The Bertz CT molecular complexity index is 2360. The Hall–Kier alpha value is -6.06. The van der Waals surface area contributed by atoms with E-state index in [-0.39, 0.29) is 0 Å². The molecule has 4 nitrogen and oxygen atoms in total. The van der Waals surface area contributed by atoms with Crippen LogP contribution in [0.5, 0.6) is 0 Å². The van der Waals surface area contributed by atoms with Gasteiger partial charge in [-0.1, -0.05) is 60.7 Å². The molecule has 8 aromatic rings. The van der Waals surface area contributed by atoms with E-state index in [9.17, 15) is 4.89 Å². The molecule has 0 fully saturated rings. The van der Waals surface area contributed by atoms with Gasteiger partial charge in [-0.25, -0.2) is 15.0 Å². The Kier molecular flexibility index (Phi) is 7.47. The van der Waals surface area contributed by atoms with E-state index in [1.54, 1.807) is 0 Å². The maximum atomic E-state index is 12.3. The van der Waals surface area contributed by atoms with E-state index in [4.69, 9.17) is 15.0 Å². The van der Waals surface area contributed by atoms with Gasteiger partial charge in [0.05, 0.1) is 0 Å². The SMILES string of the molecule is O[PH]1(c2ccc(-c3ccc(-c4ccc(-c5nc(-c6ccccc6)nc(-c6ccccc6)n5)cc4)cc3)cc2)c2ccccc2-c2ccccc21. The standard InChI is InChI=1S/C45H32N3OP/c49-50(41-17-9-7-15-39(41)40-16-8-10-18-42(40)50)38-29-27-34(28-30-38)32-21-19-31(20-22-32)33-23-25-37(26-24-33)45-47-43(35-11-3-1-4-12-35)46-44(48-45)36-13-5-2-6-14-36/h1-30,49-50H. The third-order valence-corrected chi connectivity index (χ3v) is 13.2. The van der Waals surface area contributed by atoms with Crippen molar-refractivity contribution in [1.82, 2.24) is 15.0 Å². The molecule has 7 aromatic carbocycles. The molecule has 1 aliphatic heterocycles. The van der Waals surface area contributed by atoms with Crippen LogP contribution in [0.25, 0.3) is 67.5 Å². The third-order valence-electron chi connectivity index (χ3n) is 9.62. The van der Waals surface area contributed by atoms with Crippen molar-refractivity contribution >= 4 is 23.4 Å².